The van der Waals surface area contributed by atoms with E-state index >= 15 is 0 Å². The maximum atomic E-state index is 12.6. The number of nitrogens with zero attached hydrogens (tertiary/aromatic N) is 1. The van der Waals surface area contributed by atoms with Crippen molar-refractivity contribution in [3.8, 4) is 16.2 Å². The molecule has 1 aromatic carbocycles. The van der Waals surface area contributed by atoms with Gasteiger partial charge in [0.25, 0.3) is 5.91 Å². The molecule has 1 N–H and O–H groups in total. The number of thiophene rings is 1. The summed E-state index contributed by atoms with van der Waals surface area (Å²) in [5, 5.41) is 3.26. The van der Waals surface area contributed by atoms with E-state index in [2.05, 4.69) is 10.2 Å². The van der Waals surface area contributed by atoms with E-state index in [1.165, 1.54) is 25.9 Å². The number of amides is 1. The molecule has 5 rings (SSSR count). The van der Waals surface area contributed by atoms with E-state index in [-0.39, 0.29) is 5.91 Å². The number of piperidine rings is 3. The summed E-state index contributed by atoms with van der Waals surface area (Å²) in [4.78, 5) is 17.0. The van der Waals surface area contributed by atoms with Crippen molar-refractivity contribution < 1.29 is 9.53 Å². The van der Waals surface area contributed by atoms with Crippen LogP contribution in [0.15, 0.2) is 36.4 Å². The lowest BCUT2D eigenvalue weighted by atomic mass is 9.84. The first kappa shape index (κ1) is 15.7. The quantitative estimate of drug-likeness (QED) is 0.927. The zero-order chi connectivity index (χ0) is 16.5. The molecule has 2 bridgehead atoms. The number of hydrogen-bond donors (Lipinski definition) is 1. The summed E-state index contributed by atoms with van der Waals surface area (Å²) in [7, 11) is 1.66. The Kier molecular flexibility index (Phi) is 4.29. The molecule has 126 valence electrons. The number of nitrogens with one attached hydrogen (secondary N) is 1. The number of ether oxygens (including phenoxy) is 1. The van der Waals surface area contributed by atoms with Crippen LogP contribution in [0.2, 0.25) is 0 Å². The normalized spacial score (nSPS) is 25.5. The van der Waals surface area contributed by atoms with E-state index in [1.807, 2.05) is 36.4 Å². The number of fused-ring (bicyclic) bond motifs is 3. The summed E-state index contributed by atoms with van der Waals surface area (Å²) in [6.07, 6.45) is 2.43. The molecule has 0 aliphatic carbocycles. The van der Waals surface area contributed by atoms with Gasteiger partial charge in [0.1, 0.15) is 5.75 Å². The van der Waals surface area contributed by atoms with Gasteiger partial charge in [-0.1, -0.05) is 0 Å². The number of hydrogen-bond acceptors (Lipinski definition) is 4. The molecule has 1 atom stereocenters. The number of benzene rings is 1. The predicted molar refractivity (Wildman–Crippen MR) is 96.7 cm³/mol. The molecule has 3 aliphatic rings. The van der Waals surface area contributed by atoms with Crippen LogP contribution in [0.3, 0.4) is 0 Å². The van der Waals surface area contributed by atoms with Crippen LogP contribution in [0, 0.1) is 5.92 Å². The van der Waals surface area contributed by atoms with Crippen molar-refractivity contribution in [1.29, 1.82) is 0 Å². The Balaban J connectivity index is 1.44. The van der Waals surface area contributed by atoms with Crippen molar-refractivity contribution in [1.82, 2.24) is 10.2 Å². The summed E-state index contributed by atoms with van der Waals surface area (Å²) in [6.45, 7) is 3.39. The second kappa shape index (κ2) is 6.57. The van der Waals surface area contributed by atoms with Crippen molar-refractivity contribution in [3.05, 3.63) is 41.3 Å². The van der Waals surface area contributed by atoms with Gasteiger partial charge in [-0.3, -0.25) is 4.79 Å². The highest BCUT2D eigenvalue weighted by Gasteiger charge is 2.35. The van der Waals surface area contributed by atoms with Crippen LogP contribution in [0.5, 0.6) is 5.75 Å². The first-order chi connectivity index (χ1) is 11.7. The van der Waals surface area contributed by atoms with Crippen LogP contribution in [0.25, 0.3) is 10.4 Å². The Labute approximate surface area is 146 Å². The van der Waals surface area contributed by atoms with Gasteiger partial charge >= 0.3 is 0 Å². The van der Waals surface area contributed by atoms with Gasteiger partial charge in [-0.15, -0.1) is 11.3 Å². The molecule has 1 aromatic heterocycles. The van der Waals surface area contributed by atoms with Gasteiger partial charge in [0, 0.05) is 17.5 Å². The molecule has 3 fully saturated rings. The third-order valence-electron chi connectivity index (χ3n) is 5.18. The first-order valence-electron chi connectivity index (χ1n) is 8.50. The Hall–Kier alpha value is -1.85. The van der Waals surface area contributed by atoms with Crippen LogP contribution < -0.4 is 10.1 Å². The molecule has 0 spiro atoms. The van der Waals surface area contributed by atoms with Gasteiger partial charge in [-0.2, -0.15) is 0 Å². The van der Waals surface area contributed by atoms with Crippen LogP contribution in [0.1, 0.15) is 22.5 Å². The highest BCUT2D eigenvalue weighted by atomic mass is 32.1. The SMILES string of the molecule is COc1ccc(-c2ccc(C(=O)NC3CN4CCC3CC4)s2)cc1. The zero-order valence-electron chi connectivity index (χ0n) is 13.8. The van der Waals surface area contributed by atoms with E-state index in [0.29, 0.717) is 12.0 Å². The van der Waals surface area contributed by atoms with E-state index in [0.717, 1.165) is 27.6 Å². The minimum atomic E-state index is 0.0681. The Morgan fingerprint density at radius 3 is 2.54 bits per heavy atom. The first-order valence-corrected chi connectivity index (χ1v) is 9.32. The molecule has 0 saturated carbocycles. The topological polar surface area (TPSA) is 41.6 Å². The van der Waals surface area contributed by atoms with E-state index in [1.54, 1.807) is 18.4 Å². The summed E-state index contributed by atoms with van der Waals surface area (Å²) in [5.41, 5.74) is 1.11. The van der Waals surface area contributed by atoms with Gasteiger partial charge < -0.3 is 15.0 Å². The average molecular weight is 342 g/mol. The molecule has 2 aromatic rings. The molecule has 4 nitrogen and oxygen atoms in total. The van der Waals surface area contributed by atoms with Gasteiger partial charge in [0.15, 0.2) is 0 Å². The monoisotopic (exact) mass is 342 g/mol. The van der Waals surface area contributed by atoms with E-state index in [4.69, 9.17) is 4.74 Å². The highest BCUT2D eigenvalue weighted by Crippen LogP contribution is 2.31. The third-order valence-corrected chi connectivity index (χ3v) is 6.31. The molecule has 5 heteroatoms. The van der Waals surface area contributed by atoms with Gasteiger partial charge in [-0.25, -0.2) is 0 Å². The summed E-state index contributed by atoms with van der Waals surface area (Å²) < 4.78 is 5.19. The molecule has 3 aliphatic heterocycles. The number of carbonyl (C=O) groups excluding carboxylic acids is 1. The molecule has 3 saturated heterocycles. The van der Waals surface area contributed by atoms with Crippen LogP contribution in [-0.2, 0) is 0 Å². The van der Waals surface area contributed by atoms with Crippen molar-refractivity contribution in [2.45, 2.75) is 18.9 Å². The van der Waals surface area contributed by atoms with Crippen molar-refractivity contribution in [2.75, 3.05) is 26.7 Å². The van der Waals surface area contributed by atoms with Crippen LogP contribution >= 0.6 is 11.3 Å². The van der Waals surface area contributed by atoms with Crippen LogP contribution in [-0.4, -0.2) is 43.6 Å². The lowest BCUT2D eigenvalue weighted by Gasteiger charge is -2.44. The predicted octanol–water partition coefficient (Wildman–Crippen LogP) is 3.25. The van der Waals surface area contributed by atoms with E-state index in [9.17, 15) is 4.79 Å². The summed E-state index contributed by atoms with van der Waals surface area (Å²) in [5.74, 6) is 1.56. The molecular weight excluding hydrogens is 320 g/mol. The molecule has 1 unspecified atom stereocenters. The lowest BCUT2D eigenvalue weighted by Crippen LogP contribution is -2.57. The van der Waals surface area contributed by atoms with E-state index < -0.39 is 0 Å². The maximum Gasteiger partial charge on any atom is 0.261 e. The van der Waals surface area contributed by atoms with Gasteiger partial charge in [0.2, 0.25) is 0 Å². The fourth-order valence-corrected chi connectivity index (χ4v) is 4.65. The molecule has 1 amide bonds. The second-order valence-corrected chi connectivity index (χ2v) is 7.69. The fraction of sp³-hybridized carbons (Fsp3) is 0.421. The minimum absolute atomic E-state index is 0.0681. The largest absolute Gasteiger partial charge is 0.497 e. The lowest BCUT2D eigenvalue weighted by molar-refractivity contribution is 0.0622. The van der Waals surface area contributed by atoms with Crippen molar-refractivity contribution in [3.63, 3.8) is 0 Å². The summed E-state index contributed by atoms with van der Waals surface area (Å²) >= 11 is 1.55. The third kappa shape index (κ3) is 3.06. The van der Waals surface area contributed by atoms with Gasteiger partial charge in [-0.05, 0) is 73.8 Å². The molecule has 24 heavy (non-hydrogen) atoms. The molecule has 0 radical (unpaired) electrons. The maximum absolute atomic E-state index is 12.6. The summed E-state index contributed by atoms with van der Waals surface area (Å²) in [6, 6.07) is 12.2. The van der Waals surface area contributed by atoms with Crippen molar-refractivity contribution in [2.24, 2.45) is 5.92 Å². The second-order valence-electron chi connectivity index (χ2n) is 6.61. The van der Waals surface area contributed by atoms with Crippen LogP contribution in [0.4, 0.5) is 0 Å². The van der Waals surface area contributed by atoms with Crippen molar-refractivity contribution >= 4 is 17.2 Å². The standard InChI is InChI=1S/C19H22N2O2S/c1-23-15-4-2-14(3-5-15)17-6-7-18(24-17)19(22)20-16-12-21-10-8-13(16)9-11-21/h2-7,13,16H,8-12H2,1H3,(H,20,22). The Bertz CT molecular complexity index is 717. The highest BCUT2D eigenvalue weighted by molar-refractivity contribution is 7.17. The average Bonchev–Trinajstić information content (AvgIpc) is 3.13. The van der Waals surface area contributed by atoms with Gasteiger partial charge in [0.05, 0.1) is 12.0 Å². The molecular formula is C19H22N2O2S. The number of carbonyl (C=O) groups is 1. The molecule has 4 heterocycles. The number of rotatable bonds is 4. The Morgan fingerprint density at radius 1 is 1.17 bits per heavy atom. The number of methoxy groups -OCH3 is 1. The minimum Gasteiger partial charge on any atom is -0.497 e. The smallest absolute Gasteiger partial charge is 0.261 e. The fourth-order valence-electron chi connectivity index (χ4n) is 3.74. The zero-order valence-corrected chi connectivity index (χ0v) is 14.6. The Morgan fingerprint density at radius 2 is 1.92 bits per heavy atom.